The normalized spacial score (nSPS) is 13.2. The molecule has 0 aliphatic heterocycles. The van der Waals surface area contributed by atoms with Crippen molar-refractivity contribution in [2.45, 2.75) is 39.8 Å². The Morgan fingerprint density at radius 3 is 2.77 bits per heavy atom. The van der Waals surface area contributed by atoms with Gasteiger partial charge in [-0.3, -0.25) is 0 Å². The quantitative estimate of drug-likeness (QED) is 0.635. The second-order valence-electron chi connectivity index (χ2n) is 5.64. The van der Waals surface area contributed by atoms with Gasteiger partial charge in [-0.25, -0.2) is 4.99 Å². The van der Waals surface area contributed by atoms with Crippen LogP contribution in [-0.4, -0.2) is 23.1 Å². The van der Waals surface area contributed by atoms with Gasteiger partial charge in [0.25, 0.3) is 0 Å². The summed E-state index contributed by atoms with van der Waals surface area (Å²) in [7, 11) is 2.03. The molecule has 0 aliphatic carbocycles. The number of thiophene rings is 1. The molecule has 0 aliphatic rings. The van der Waals surface area contributed by atoms with Crippen LogP contribution in [0.1, 0.15) is 29.2 Å². The molecule has 120 valence electrons. The summed E-state index contributed by atoms with van der Waals surface area (Å²) in [5, 5.41) is 6.81. The Balaban J connectivity index is 1.92. The van der Waals surface area contributed by atoms with Crippen LogP contribution in [0, 0.1) is 6.92 Å². The molecular formula is C17H26N4S. The minimum atomic E-state index is 0.353. The number of guanidine groups is 1. The topological polar surface area (TPSA) is 41.4 Å². The monoisotopic (exact) mass is 318 g/mol. The van der Waals surface area contributed by atoms with E-state index in [1.807, 2.05) is 29.1 Å². The van der Waals surface area contributed by atoms with Crippen molar-refractivity contribution in [1.82, 2.24) is 15.2 Å². The first-order valence-electron chi connectivity index (χ1n) is 7.78. The predicted molar refractivity (Wildman–Crippen MR) is 95.6 cm³/mol. The van der Waals surface area contributed by atoms with Crippen LogP contribution >= 0.6 is 11.3 Å². The van der Waals surface area contributed by atoms with E-state index in [0.29, 0.717) is 12.6 Å². The lowest BCUT2D eigenvalue weighted by Gasteiger charge is -2.17. The lowest BCUT2D eigenvalue weighted by atomic mass is 10.2. The van der Waals surface area contributed by atoms with Crippen molar-refractivity contribution in [1.29, 1.82) is 0 Å². The van der Waals surface area contributed by atoms with Crippen LogP contribution in [0.3, 0.4) is 0 Å². The first kappa shape index (κ1) is 16.6. The maximum atomic E-state index is 4.67. The highest BCUT2D eigenvalue weighted by atomic mass is 32.1. The number of nitrogens with one attached hydrogen (secondary N) is 2. The molecule has 5 heteroatoms. The molecule has 2 N–H and O–H groups in total. The molecule has 4 nitrogen and oxygen atoms in total. The van der Waals surface area contributed by atoms with Crippen LogP contribution in [0.4, 0.5) is 0 Å². The third-order valence-electron chi connectivity index (χ3n) is 3.34. The maximum Gasteiger partial charge on any atom is 0.191 e. The van der Waals surface area contributed by atoms with Crippen LogP contribution in [0.2, 0.25) is 0 Å². The third-order valence-corrected chi connectivity index (χ3v) is 4.37. The highest BCUT2D eigenvalue weighted by molar-refractivity contribution is 7.11. The Bertz CT molecular complexity index is 612. The number of hydrogen-bond donors (Lipinski definition) is 2. The summed E-state index contributed by atoms with van der Waals surface area (Å²) in [5.41, 5.74) is 1.22. The zero-order valence-corrected chi connectivity index (χ0v) is 14.7. The summed E-state index contributed by atoms with van der Waals surface area (Å²) in [4.78, 5) is 7.45. The molecule has 0 amide bonds. The second-order valence-corrected chi connectivity index (χ2v) is 7.01. The zero-order valence-electron chi connectivity index (χ0n) is 13.9. The standard InChI is InChI=1S/C17H26N4S/c1-5-18-17(19-11-15-8-9-21(4)12-15)20-13(2)10-16-7-6-14(3)22-16/h6-9,12-13H,5,10-11H2,1-4H3,(H2,18,19,20). The van der Waals surface area contributed by atoms with E-state index in [0.717, 1.165) is 18.9 Å². The molecule has 2 heterocycles. The molecule has 2 aromatic rings. The summed E-state index contributed by atoms with van der Waals surface area (Å²) >= 11 is 1.87. The molecule has 0 spiro atoms. The van der Waals surface area contributed by atoms with Gasteiger partial charge in [0.05, 0.1) is 6.54 Å². The first-order valence-corrected chi connectivity index (χ1v) is 8.59. The number of aromatic nitrogens is 1. The smallest absolute Gasteiger partial charge is 0.191 e. The Kier molecular flexibility index (Phi) is 6.07. The molecule has 0 aromatic carbocycles. The Labute approximate surface area is 137 Å². The molecule has 2 aromatic heterocycles. The molecule has 2 rings (SSSR count). The Hall–Kier alpha value is -1.75. The number of aryl methyl sites for hydroxylation is 2. The van der Waals surface area contributed by atoms with E-state index < -0.39 is 0 Å². The minimum Gasteiger partial charge on any atom is -0.357 e. The first-order chi connectivity index (χ1) is 10.6. The van der Waals surface area contributed by atoms with E-state index in [9.17, 15) is 0 Å². The van der Waals surface area contributed by atoms with Gasteiger partial charge in [-0.05, 0) is 44.5 Å². The molecule has 0 fully saturated rings. The number of rotatable bonds is 6. The van der Waals surface area contributed by atoms with Crippen molar-refractivity contribution in [3.8, 4) is 0 Å². The van der Waals surface area contributed by atoms with Gasteiger partial charge in [-0.2, -0.15) is 0 Å². The van der Waals surface area contributed by atoms with Gasteiger partial charge >= 0.3 is 0 Å². The van der Waals surface area contributed by atoms with Gasteiger partial charge in [-0.15, -0.1) is 11.3 Å². The van der Waals surface area contributed by atoms with Crippen molar-refractivity contribution in [3.05, 3.63) is 45.9 Å². The molecule has 0 saturated carbocycles. The maximum absolute atomic E-state index is 4.67. The number of aliphatic imine (C=N–C) groups is 1. The third kappa shape index (κ3) is 5.22. The molecule has 22 heavy (non-hydrogen) atoms. The van der Waals surface area contributed by atoms with Gasteiger partial charge in [0.1, 0.15) is 0 Å². The summed E-state index contributed by atoms with van der Waals surface area (Å²) in [5.74, 6) is 0.882. The Morgan fingerprint density at radius 2 is 2.18 bits per heavy atom. The van der Waals surface area contributed by atoms with E-state index in [-0.39, 0.29) is 0 Å². The summed E-state index contributed by atoms with van der Waals surface area (Å²) < 4.78 is 2.05. The average molecular weight is 318 g/mol. The molecule has 0 radical (unpaired) electrons. The molecular weight excluding hydrogens is 292 g/mol. The molecule has 0 saturated heterocycles. The lowest BCUT2D eigenvalue weighted by molar-refractivity contribution is 0.645. The van der Waals surface area contributed by atoms with E-state index >= 15 is 0 Å². The number of hydrogen-bond acceptors (Lipinski definition) is 2. The highest BCUT2D eigenvalue weighted by Gasteiger charge is 2.07. The van der Waals surface area contributed by atoms with Crippen molar-refractivity contribution >= 4 is 17.3 Å². The predicted octanol–water partition coefficient (Wildman–Crippen LogP) is 3.08. The van der Waals surface area contributed by atoms with Gasteiger partial charge < -0.3 is 15.2 Å². The highest BCUT2D eigenvalue weighted by Crippen LogP contribution is 2.16. The van der Waals surface area contributed by atoms with E-state index in [2.05, 4.69) is 60.8 Å². The van der Waals surface area contributed by atoms with Crippen molar-refractivity contribution in [2.75, 3.05) is 6.54 Å². The van der Waals surface area contributed by atoms with Crippen LogP contribution in [0.15, 0.2) is 35.6 Å². The summed E-state index contributed by atoms with van der Waals surface area (Å²) in [6, 6.07) is 6.85. The van der Waals surface area contributed by atoms with E-state index in [1.165, 1.54) is 15.3 Å². The number of nitrogens with zero attached hydrogens (tertiary/aromatic N) is 2. The van der Waals surface area contributed by atoms with Gasteiger partial charge in [0, 0.05) is 48.2 Å². The van der Waals surface area contributed by atoms with Gasteiger partial charge in [0.15, 0.2) is 5.96 Å². The fourth-order valence-corrected chi connectivity index (χ4v) is 3.34. The Morgan fingerprint density at radius 1 is 1.36 bits per heavy atom. The summed E-state index contributed by atoms with van der Waals surface area (Å²) in [6.45, 7) is 8.00. The largest absolute Gasteiger partial charge is 0.357 e. The van der Waals surface area contributed by atoms with Crippen molar-refractivity contribution in [3.63, 3.8) is 0 Å². The van der Waals surface area contributed by atoms with Crippen molar-refractivity contribution in [2.24, 2.45) is 12.0 Å². The van der Waals surface area contributed by atoms with E-state index in [1.54, 1.807) is 0 Å². The van der Waals surface area contributed by atoms with E-state index in [4.69, 9.17) is 0 Å². The minimum absolute atomic E-state index is 0.353. The molecule has 1 atom stereocenters. The second kappa shape index (κ2) is 8.03. The molecule has 1 unspecified atom stereocenters. The fraction of sp³-hybridized carbons (Fsp3) is 0.471. The lowest BCUT2D eigenvalue weighted by Crippen LogP contribution is -2.43. The van der Waals surface area contributed by atoms with Crippen LogP contribution in [0.5, 0.6) is 0 Å². The van der Waals surface area contributed by atoms with Crippen LogP contribution in [-0.2, 0) is 20.0 Å². The summed E-state index contributed by atoms with van der Waals surface area (Å²) in [6.07, 6.45) is 5.17. The molecule has 0 bridgehead atoms. The zero-order chi connectivity index (χ0) is 15.9. The average Bonchev–Trinajstić information content (AvgIpc) is 3.05. The van der Waals surface area contributed by atoms with Crippen molar-refractivity contribution < 1.29 is 0 Å². The van der Waals surface area contributed by atoms with Gasteiger partial charge in [-0.1, -0.05) is 0 Å². The van der Waals surface area contributed by atoms with Gasteiger partial charge in [0.2, 0.25) is 0 Å². The fourth-order valence-electron chi connectivity index (χ4n) is 2.33. The van der Waals surface area contributed by atoms with Crippen LogP contribution in [0.25, 0.3) is 0 Å². The van der Waals surface area contributed by atoms with Crippen LogP contribution < -0.4 is 10.6 Å². The SMILES string of the molecule is CCNC(=NCc1ccn(C)c1)NC(C)Cc1ccc(C)s1.